The minimum Gasteiger partial charge on any atom is -0.496 e. The fraction of sp³-hybridized carbons (Fsp3) is 0.188. The molecule has 2 aromatic carbocycles. The van der Waals surface area contributed by atoms with Gasteiger partial charge in [-0.25, -0.2) is 0 Å². The monoisotopic (exact) mass is 333 g/mol. The van der Waals surface area contributed by atoms with Crippen LogP contribution in [-0.4, -0.2) is 13.0 Å². The normalized spacial score (nSPS) is 10.1. The lowest BCUT2D eigenvalue weighted by Gasteiger charge is -2.08. The second-order valence-electron chi connectivity index (χ2n) is 4.37. The minimum atomic E-state index is -0.00164. The van der Waals surface area contributed by atoms with Gasteiger partial charge in [0.1, 0.15) is 5.75 Å². The highest BCUT2D eigenvalue weighted by molar-refractivity contribution is 9.10. The fourth-order valence-corrected chi connectivity index (χ4v) is 2.18. The molecule has 3 nitrogen and oxygen atoms in total. The zero-order valence-electron chi connectivity index (χ0n) is 11.2. The number of para-hydroxylation sites is 1. The summed E-state index contributed by atoms with van der Waals surface area (Å²) < 4.78 is 6.26. The number of halogens is 1. The highest BCUT2D eigenvalue weighted by Crippen LogP contribution is 2.19. The summed E-state index contributed by atoms with van der Waals surface area (Å²) >= 11 is 3.36. The van der Waals surface area contributed by atoms with E-state index in [4.69, 9.17) is 4.74 Å². The molecule has 0 fully saturated rings. The summed E-state index contributed by atoms with van der Waals surface area (Å²) in [6, 6.07) is 15.3. The van der Waals surface area contributed by atoms with E-state index in [1.165, 1.54) is 0 Å². The highest BCUT2D eigenvalue weighted by atomic mass is 79.9. The molecule has 4 heteroatoms. The van der Waals surface area contributed by atoms with Crippen molar-refractivity contribution >= 4 is 27.5 Å². The first-order valence-electron chi connectivity index (χ1n) is 6.36. The van der Waals surface area contributed by atoms with Crippen LogP contribution in [0.2, 0.25) is 0 Å². The van der Waals surface area contributed by atoms with Crippen LogP contribution >= 0.6 is 15.9 Å². The maximum atomic E-state index is 11.9. The third-order valence-electron chi connectivity index (χ3n) is 2.94. The molecule has 1 amide bonds. The van der Waals surface area contributed by atoms with Gasteiger partial charge in [-0.2, -0.15) is 0 Å². The van der Waals surface area contributed by atoms with E-state index in [0.717, 1.165) is 21.5 Å². The average molecular weight is 334 g/mol. The van der Waals surface area contributed by atoms with Crippen molar-refractivity contribution in [1.29, 1.82) is 0 Å². The van der Waals surface area contributed by atoms with Crippen molar-refractivity contribution in [1.82, 2.24) is 0 Å². The number of carbonyl (C=O) groups is 1. The molecule has 2 aromatic rings. The number of nitrogens with one attached hydrogen (secondary N) is 1. The van der Waals surface area contributed by atoms with Gasteiger partial charge in [-0.15, -0.1) is 0 Å². The molecule has 0 aromatic heterocycles. The summed E-state index contributed by atoms with van der Waals surface area (Å²) in [4.78, 5) is 11.9. The van der Waals surface area contributed by atoms with Gasteiger partial charge in [0.25, 0.3) is 0 Å². The van der Waals surface area contributed by atoms with Crippen LogP contribution in [0.5, 0.6) is 5.75 Å². The first kappa shape index (κ1) is 14.6. The van der Waals surface area contributed by atoms with Crippen LogP contribution in [0.25, 0.3) is 0 Å². The van der Waals surface area contributed by atoms with E-state index in [0.29, 0.717) is 12.8 Å². The molecule has 0 atom stereocenters. The summed E-state index contributed by atoms with van der Waals surface area (Å²) in [6.07, 6.45) is 1.09. The SMILES string of the molecule is COc1ccccc1CCC(=O)Nc1ccc(Br)cc1. The molecular weight excluding hydrogens is 318 g/mol. The number of carbonyl (C=O) groups excluding carboxylic acids is 1. The third kappa shape index (κ3) is 4.10. The number of ether oxygens (including phenoxy) is 1. The van der Waals surface area contributed by atoms with Gasteiger partial charge in [-0.1, -0.05) is 34.1 Å². The Morgan fingerprint density at radius 3 is 2.55 bits per heavy atom. The number of amides is 1. The molecule has 0 saturated heterocycles. The second-order valence-corrected chi connectivity index (χ2v) is 5.28. The second kappa shape index (κ2) is 7.10. The molecule has 20 heavy (non-hydrogen) atoms. The maximum Gasteiger partial charge on any atom is 0.224 e. The predicted octanol–water partition coefficient (Wildman–Crippen LogP) is 4.03. The van der Waals surface area contributed by atoms with E-state index in [2.05, 4.69) is 21.2 Å². The Morgan fingerprint density at radius 1 is 1.15 bits per heavy atom. The molecule has 0 bridgehead atoms. The lowest BCUT2D eigenvalue weighted by molar-refractivity contribution is -0.116. The van der Waals surface area contributed by atoms with Gasteiger partial charge in [0.2, 0.25) is 5.91 Å². The smallest absolute Gasteiger partial charge is 0.224 e. The molecule has 0 radical (unpaired) electrons. The number of aryl methyl sites for hydroxylation is 1. The van der Waals surface area contributed by atoms with Crippen LogP contribution in [0, 0.1) is 0 Å². The van der Waals surface area contributed by atoms with Gasteiger partial charge < -0.3 is 10.1 Å². The van der Waals surface area contributed by atoms with E-state index in [1.54, 1.807) is 7.11 Å². The van der Waals surface area contributed by atoms with Gasteiger partial charge in [-0.3, -0.25) is 4.79 Å². The molecule has 2 rings (SSSR count). The Kier molecular flexibility index (Phi) is 5.18. The van der Waals surface area contributed by atoms with Crippen LogP contribution in [-0.2, 0) is 11.2 Å². The van der Waals surface area contributed by atoms with Crippen molar-refractivity contribution in [3.8, 4) is 5.75 Å². The van der Waals surface area contributed by atoms with Crippen molar-refractivity contribution < 1.29 is 9.53 Å². The summed E-state index contributed by atoms with van der Waals surface area (Å²) in [5, 5.41) is 2.88. The third-order valence-corrected chi connectivity index (χ3v) is 3.47. The Balaban J connectivity index is 1.90. The first-order chi connectivity index (χ1) is 9.69. The zero-order chi connectivity index (χ0) is 14.4. The van der Waals surface area contributed by atoms with Gasteiger partial charge in [0, 0.05) is 16.6 Å². The summed E-state index contributed by atoms with van der Waals surface area (Å²) in [6.45, 7) is 0. The van der Waals surface area contributed by atoms with Crippen LogP contribution in [0.3, 0.4) is 0 Å². The predicted molar refractivity (Wildman–Crippen MR) is 84.1 cm³/mol. The van der Waals surface area contributed by atoms with Crippen LogP contribution < -0.4 is 10.1 Å². The van der Waals surface area contributed by atoms with Gasteiger partial charge in [0.05, 0.1) is 7.11 Å². The Hall–Kier alpha value is -1.81. The molecule has 0 saturated carbocycles. The molecular formula is C16H16BrNO2. The topological polar surface area (TPSA) is 38.3 Å². The summed E-state index contributed by atoms with van der Waals surface area (Å²) in [7, 11) is 1.64. The summed E-state index contributed by atoms with van der Waals surface area (Å²) in [5.74, 6) is 0.821. The number of hydrogen-bond donors (Lipinski definition) is 1. The van der Waals surface area contributed by atoms with Crippen molar-refractivity contribution in [3.05, 3.63) is 58.6 Å². The Bertz CT molecular complexity index is 581. The van der Waals surface area contributed by atoms with Crippen LogP contribution in [0.1, 0.15) is 12.0 Å². The van der Waals surface area contributed by atoms with Gasteiger partial charge in [-0.05, 0) is 42.3 Å². The fourth-order valence-electron chi connectivity index (χ4n) is 1.91. The van der Waals surface area contributed by atoms with Gasteiger partial charge >= 0.3 is 0 Å². The molecule has 0 unspecified atom stereocenters. The number of anilines is 1. The van der Waals surface area contributed by atoms with E-state index in [1.807, 2.05) is 48.5 Å². The first-order valence-corrected chi connectivity index (χ1v) is 7.15. The highest BCUT2D eigenvalue weighted by Gasteiger charge is 2.06. The number of rotatable bonds is 5. The van der Waals surface area contributed by atoms with Crippen molar-refractivity contribution in [3.63, 3.8) is 0 Å². The quantitative estimate of drug-likeness (QED) is 0.897. The van der Waals surface area contributed by atoms with E-state index < -0.39 is 0 Å². The largest absolute Gasteiger partial charge is 0.496 e. The Labute approximate surface area is 127 Å². The van der Waals surface area contributed by atoms with Gasteiger partial charge in [0.15, 0.2) is 0 Å². The van der Waals surface area contributed by atoms with Crippen LogP contribution in [0.15, 0.2) is 53.0 Å². The van der Waals surface area contributed by atoms with Crippen molar-refractivity contribution in [2.75, 3.05) is 12.4 Å². The lowest BCUT2D eigenvalue weighted by Crippen LogP contribution is -2.12. The number of hydrogen-bond acceptors (Lipinski definition) is 2. The Morgan fingerprint density at radius 2 is 1.85 bits per heavy atom. The van der Waals surface area contributed by atoms with E-state index >= 15 is 0 Å². The molecule has 104 valence electrons. The molecule has 0 aliphatic carbocycles. The van der Waals surface area contributed by atoms with Crippen LogP contribution in [0.4, 0.5) is 5.69 Å². The maximum absolute atomic E-state index is 11.9. The van der Waals surface area contributed by atoms with Crippen molar-refractivity contribution in [2.24, 2.45) is 0 Å². The summed E-state index contributed by atoms with van der Waals surface area (Å²) in [5.41, 5.74) is 1.85. The van der Waals surface area contributed by atoms with E-state index in [9.17, 15) is 4.79 Å². The minimum absolute atomic E-state index is 0.00164. The molecule has 0 heterocycles. The molecule has 0 spiro atoms. The zero-order valence-corrected chi connectivity index (χ0v) is 12.8. The average Bonchev–Trinajstić information content (AvgIpc) is 2.48. The van der Waals surface area contributed by atoms with E-state index in [-0.39, 0.29) is 5.91 Å². The number of methoxy groups -OCH3 is 1. The standard InChI is InChI=1S/C16H16BrNO2/c1-20-15-5-3-2-4-12(15)6-11-16(19)18-14-9-7-13(17)8-10-14/h2-5,7-10H,6,11H2,1H3,(H,18,19). The molecule has 0 aliphatic rings. The molecule has 0 aliphatic heterocycles. The number of benzene rings is 2. The lowest BCUT2D eigenvalue weighted by atomic mass is 10.1. The molecule has 1 N–H and O–H groups in total. The van der Waals surface area contributed by atoms with Crippen molar-refractivity contribution in [2.45, 2.75) is 12.8 Å².